The lowest BCUT2D eigenvalue weighted by atomic mass is 9.81. The molecular formula is C15H25N3O2. The second-order valence-electron chi connectivity index (χ2n) is 5.82. The van der Waals surface area contributed by atoms with E-state index in [1.165, 1.54) is 0 Å². The molecule has 0 aromatic rings. The number of rotatable bonds is 4. The maximum absolute atomic E-state index is 12.4. The van der Waals surface area contributed by atoms with Crippen molar-refractivity contribution in [2.45, 2.75) is 38.5 Å². The predicted molar refractivity (Wildman–Crippen MR) is 76.0 cm³/mol. The average molecular weight is 279 g/mol. The number of ether oxygens (including phenoxy) is 1. The number of amides is 1. The number of hydrogen-bond donors (Lipinski definition) is 1. The van der Waals surface area contributed by atoms with Gasteiger partial charge in [-0.25, -0.2) is 0 Å². The Morgan fingerprint density at radius 1 is 1.20 bits per heavy atom. The molecule has 0 unspecified atom stereocenters. The van der Waals surface area contributed by atoms with Gasteiger partial charge in [0, 0.05) is 26.2 Å². The van der Waals surface area contributed by atoms with Crippen LogP contribution in [-0.4, -0.2) is 50.2 Å². The molecule has 2 rings (SSSR count). The van der Waals surface area contributed by atoms with Crippen molar-refractivity contribution in [3.8, 4) is 6.07 Å². The van der Waals surface area contributed by atoms with Crippen LogP contribution in [0, 0.1) is 16.7 Å². The second kappa shape index (κ2) is 7.61. The largest absolute Gasteiger partial charge is 0.379 e. The maximum Gasteiger partial charge on any atom is 0.240 e. The number of carbonyl (C=O) groups is 1. The fourth-order valence-electron chi connectivity index (χ4n) is 3.04. The Kier molecular flexibility index (Phi) is 5.81. The van der Waals surface area contributed by atoms with Gasteiger partial charge in [-0.2, -0.15) is 5.26 Å². The van der Waals surface area contributed by atoms with Gasteiger partial charge < -0.3 is 10.1 Å². The molecule has 0 aromatic carbocycles. The highest BCUT2D eigenvalue weighted by Gasteiger charge is 2.38. The number of carbonyl (C=O) groups excluding carboxylic acids is 1. The van der Waals surface area contributed by atoms with E-state index in [1.807, 2.05) is 0 Å². The van der Waals surface area contributed by atoms with Crippen molar-refractivity contribution in [1.29, 1.82) is 5.26 Å². The summed E-state index contributed by atoms with van der Waals surface area (Å²) in [6, 6.07) is 2.30. The smallest absolute Gasteiger partial charge is 0.240 e. The zero-order valence-corrected chi connectivity index (χ0v) is 12.2. The molecule has 0 bridgehead atoms. The highest BCUT2D eigenvalue weighted by Crippen LogP contribution is 2.34. The predicted octanol–water partition coefficient (Wildman–Crippen LogP) is 1.30. The van der Waals surface area contributed by atoms with Crippen LogP contribution in [0.15, 0.2) is 0 Å². The summed E-state index contributed by atoms with van der Waals surface area (Å²) >= 11 is 0. The summed E-state index contributed by atoms with van der Waals surface area (Å²) in [5, 5.41) is 12.4. The molecule has 1 saturated carbocycles. The summed E-state index contributed by atoms with van der Waals surface area (Å²) in [6.07, 6.45) is 5.70. The fraction of sp³-hybridized carbons (Fsp3) is 0.867. The van der Waals surface area contributed by atoms with E-state index in [-0.39, 0.29) is 5.91 Å². The Bertz CT molecular complexity index is 351. The minimum Gasteiger partial charge on any atom is -0.379 e. The number of morpholine rings is 1. The minimum absolute atomic E-state index is 0.0600. The maximum atomic E-state index is 12.4. The third-order valence-corrected chi connectivity index (χ3v) is 4.42. The van der Waals surface area contributed by atoms with Crippen LogP contribution >= 0.6 is 0 Å². The first kappa shape index (κ1) is 15.3. The van der Waals surface area contributed by atoms with E-state index in [9.17, 15) is 10.1 Å². The van der Waals surface area contributed by atoms with Crippen molar-refractivity contribution in [2.24, 2.45) is 5.41 Å². The first-order valence-corrected chi connectivity index (χ1v) is 7.76. The highest BCUT2D eigenvalue weighted by molar-refractivity contribution is 5.85. The fourth-order valence-corrected chi connectivity index (χ4v) is 3.04. The molecule has 0 aromatic heterocycles. The monoisotopic (exact) mass is 279 g/mol. The summed E-state index contributed by atoms with van der Waals surface area (Å²) in [7, 11) is 0. The molecule has 0 spiro atoms. The Morgan fingerprint density at radius 2 is 1.85 bits per heavy atom. The van der Waals surface area contributed by atoms with Crippen molar-refractivity contribution < 1.29 is 9.53 Å². The van der Waals surface area contributed by atoms with E-state index < -0.39 is 5.41 Å². The molecule has 1 saturated heterocycles. The first-order chi connectivity index (χ1) is 9.77. The van der Waals surface area contributed by atoms with Gasteiger partial charge in [-0.1, -0.05) is 25.7 Å². The van der Waals surface area contributed by atoms with E-state index in [1.54, 1.807) is 0 Å². The van der Waals surface area contributed by atoms with Gasteiger partial charge in [0.05, 0.1) is 19.3 Å². The number of nitrogens with zero attached hydrogens (tertiary/aromatic N) is 2. The van der Waals surface area contributed by atoms with Crippen LogP contribution in [0.5, 0.6) is 0 Å². The lowest BCUT2D eigenvalue weighted by molar-refractivity contribution is -0.128. The van der Waals surface area contributed by atoms with Crippen LogP contribution in [-0.2, 0) is 9.53 Å². The third kappa shape index (κ3) is 3.94. The minimum atomic E-state index is -0.776. The Morgan fingerprint density at radius 3 is 2.45 bits per heavy atom. The first-order valence-electron chi connectivity index (χ1n) is 7.76. The normalized spacial score (nSPS) is 23.6. The van der Waals surface area contributed by atoms with Gasteiger partial charge in [-0.05, 0) is 12.8 Å². The summed E-state index contributed by atoms with van der Waals surface area (Å²) in [6.45, 7) is 4.88. The van der Waals surface area contributed by atoms with Crippen LogP contribution in [0.2, 0.25) is 0 Å². The molecule has 1 aliphatic heterocycles. The quantitative estimate of drug-likeness (QED) is 0.788. The average Bonchev–Trinajstić information content (AvgIpc) is 2.74. The molecule has 0 atom stereocenters. The van der Waals surface area contributed by atoms with Crippen LogP contribution < -0.4 is 5.32 Å². The number of hydrogen-bond acceptors (Lipinski definition) is 4. The Hall–Kier alpha value is -1.12. The van der Waals surface area contributed by atoms with Gasteiger partial charge in [0.25, 0.3) is 0 Å². The van der Waals surface area contributed by atoms with Crippen LogP contribution in [0.4, 0.5) is 0 Å². The van der Waals surface area contributed by atoms with Crippen molar-refractivity contribution in [3.63, 3.8) is 0 Å². The second-order valence-corrected chi connectivity index (χ2v) is 5.82. The van der Waals surface area contributed by atoms with E-state index in [4.69, 9.17) is 4.74 Å². The summed E-state index contributed by atoms with van der Waals surface area (Å²) in [5.41, 5.74) is -0.776. The Balaban J connectivity index is 1.78. The third-order valence-electron chi connectivity index (χ3n) is 4.42. The molecule has 2 aliphatic rings. The van der Waals surface area contributed by atoms with Crippen LogP contribution in [0.3, 0.4) is 0 Å². The molecule has 112 valence electrons. The van der Waals surface area contributed by atoms with E-state index in [0.29, 0.717) is 19.4 Å². The molecule has 0 radical (unpaired) electrons. The zero-order chi connectivity index (χ0) is 14.3. The van der Waals surface area contributed by atoms with Crippen molar-refractivity contribution in [3.05, 3.63) is 0 Å². The molecule has 1 aliphatic carbocycles. The van der Waals surface area contributed by atoms with Gasteiger partial charge in [0.2, 0.25) is 5.91 Å². The number of nitriles is 1. The summed E-state index contributed by atoms with van der Waals surface area (Å²) < 4.78 is 5.30. The SMILES string of the molecule is N#CC1(C(=O)NCCN2CCOCC2)CCCCCC1. The van der Waals surface area contributed by atoms with Gasteiger partial charge in [-0.3, -0.25) is 9.69 Å². The topological polar surface area (TPSA) is 65.4 Å². The molecular weight excluding hydrogens is 254 g/mol. The lowest BCUT2D eigenvalue weighted by Gasteiger charge is -2.28. The van der Waals surface area contributed by atoms with Crippen molar-refractivity contribution in [1.82, 2.24) is 10.2 Å². The highest BCUT2D eigenvalue weighted by atomic mass is 16.5. The van der Waals surface area contributed by atoms with Gasteiger partial charge in [-0.15, -0.1) is 0 Å². The van der Waals surface area contributed by atoms with E-state index in [2.05, 4.69) is 16.3 Å². The molecule has 2 fully saturated rings. The number of nitrogens with one attached hydrogen (secondary N) is 1. The van der Waals surface area contributed by atoms with E-state index in [0.717, 1.165) is 58.5 Å². The van der Waals surface area contributed by atoms with Crippen LogP contribution in [0.25, 0.3) is 0 Å². The summed E-state index contributed by atoms with van der Waals surface area (Å²) in [5.74, 6) is -0.0600. The molecule has 5 heteroatoms. The Labute approximate surface area is 121 Å². The molecule has 1 amide bonds. The molecule has 20 heavy (non-hydrogen) atoms. The summed E-state index contributed by atoms with van der Waals surface area (Å²) in [4.78, 5) is 14.7. The van der Waals surface area contributed by atoms with Crippen LogP contribution in [0.1, 0.15) is 38.5 Å². The van der Waals surface area contributed by atoms with E-state index >= 15 is 0 Å². The van der Waals surface area contributed by atoms with Gasteiger partial charge >= 0.3 is 0 Å². The lowest BCUT2D eigenvalue weighted by Crippen LogP contribution is -2.45. The zero-order valence-electron chi connectivity index (χ0n) is 12.2. The standard InChI is InChI=1S/C15H25N3O2/c16-13-15(5-3-1-2-4-6-15)14(19)17-7-8-18-9-11-20-12-10-18/h1-12H2,(H,17,19). The molecule has 5 nitrogen and oxygen atoms in total. The van der Waals surface area contributed by atoms with Gasteiger partial charge in [0.1, 0.15) is 5.41 Å². The van der Waals surface area contributed by atoms with Crippen molar-refractivity contribution in [2.75, 3.05) is 39.4 Å². The van der Waals surface area contributed by atoms with Crippen molar-refractivity contribution >= 4 is 5.91 Å². The molecule has 1 N–H and O–H groups in total. The molecule has 1 heterocycles. The van der Waals surface area contributed by atoms with Gasteiger partial charge in [0.15, 0.2) is 0 Å².